The molecule has 2 heterocycles. The Labute approximate surface area is 228 Å². The van der Waals surface area contributed by atoms with Crippen molar-refractivity contribution < 1.29 is 34.0 Å². The van der Waals surface area contributed by atoms with Crippen LogP contribution in [0.1, 0.15) is 90.4 Å². The van der Waals surface area contributed by atoms with Crippen LogP contribution in [0.25, 0.3) is 0 Å². The summed E-state index contributed by atoms with van der Waals surface area (Å²) in [6.45, 7) is 3.46. The molecule has 3 aliphatic rings. The lowest BCUT2D eigenvalue weighted by molar-refractivity contribution is -0.193. The highest BCUT2D eigenvalue weighted by Crippen LogP contribution is 2.43. The van der Waals surface area contributed by atoms with Gasteiger partial charge in [0.25, 0.3) is 0 Å². The highest BCUT2D eigenvalue weighted by molar-refractivity contribution is 5.66. The maximum Gasteiger partial charge on any atom is 0.303 e. The maximum atomic E-state index is 10.8. The van der Waals surface area contributed by atoms with Gasteiger partial charge in [-0.25, -0.2) is 0 Å². The molecule has 7 nitrogen and oxygen atoms in total. The fourth-order valence-electron chi connectivity index (χ4n) is 5.76. The molecule has 38 heavy (non-hydrogen) atoms. The fourth-order valence-corrected chi connectivity index (χ4v) is 5.76. The van der Waals surface area contributed by atoms with E-state index >= 15 is 0 Å². The van der Waals surface area contributed by atoms with Crippen LogP contribution in [0.15, 0.2) is 24.3 Å². The smallest absolute Gasteiger partial charge is 0.303 e. The number of aliphatic hydroxyl groups is 1. The van der Waals surface area contributed by atoms with Crippen molar-refractivity contribution in [1.82, 2.24) is 0 Å². The lowest BCUT2D eigenvalue weighted by atomic mass is 9.85. The maximum absolute atomic E-state index is 10.8. The van der Waals surface area contributed by atoms with Crippen molar-refractivity contribution in [3.63, 3.8) is 0 Å². The topological polar surface area (TPSA) is 94.5 Å². The minimum atomic E-state index is -0.759. The van der Waals surface area contributed by atoms with Crippen molar-refractivity contribution in [1.29, 1.82) is 0 Å². The van der Waals surface area contributed by atoms with E-state index in [0.29, 0.717) is 6.42 Å². The number of ether oxygens (including phenoxy) is 4. The molecule has 0 radical (unpaired) electrons. The van der Waals surface area contributed by atoms with Gasteiger partial charge in [-0.05, 0) is 89.4 Å². The molecule has 214 valence electrons. The number of aliphatic carboxylic acids is 1. The Morgan fingerprint density at radius 2 is 1.87 bits per heavy atom. The van der Waals surface area contributed by atoms with Gasteiger partial charge in [-0.3, -0.25) is 4.79 Å². The second-order valence-electron chi connectivity index (χ2n) is 10.7. The van der Waals surface area contributed by atoms with Crippen LogP contribution in [0.2, 0.25) is 0 Å². The summed E-state index contributed by atoms with van der Waals surface area (Å²) >= 11 is 0. The van der Waals surface area contributed by atoms with E-state index in [2.05, 4.69) is 36.1 Å². The molecule has 3 rings (SSSR count). The molecule has 2 N–H and O–H groups in total. The summed E-state index contributed by atoms with van der Waals surface area (Å²) in [5.74, 6) is 5.86. The third-order valence-electron chi connectivity index (χ3n) is 7.84. The Morgan fingerprint density at radius 1 is 1.11 bits per heavy atom. The van der Waals surface area contributed by atoms with E-state index < -0.39 is 5.97 Å². The second-order valence-corrected chi connectivity index (χ2v) is 10.7. The zero-order valence-electron chi connectivity index (χ0n) is 23.1. The lowest BCUT2D eigenvalue weighted by Gasteiger charge is -2.30. The van der Waals surface area contributed by atoms with Crippen molar-refractivity contribution in [2.75, 3.05) is 19.8 Å². The first-order chi connectivity index (χ1) is 18.6. The summed E-state index contributed by atoms with van der Waals surface area (Å²) < 4.78 is 24.6. The number of hydrogen-bond acceptors (Lipinski definition) is 6. The average molecular weight is 533 g/mol. The minimum absolute atomic E-state index is 0.0288. The monoisotopic (exact) mass is 532 g/mol. The van der Waals surface area contributed by atoms with Crippen molar-refractivity contribution >= 4 is 5.97 Å². The molecule has 0 spiro atoms. The Balaban J connectivity index is 1.71. The Bertz CT molecular complexity index is 786. The molecule has 3 fully saturated rings. The number of aliphatic hydroxyl groups excluding tert-OH is 1. The van der Waals surface area contributed by atoms with Gasteiger partial charge in [-0.1, -0.05) is 24.3 Å². The molecule has 0 bridgehead atoms. The van der Waals surface area contributed by atoms with E-state index in [-0.39, 0.29) is 55.6 Å². The van der Waals surface area contributed by atoms with Crippen LogP contribution in [-0.4, -0.2) is 60.8 Å². The molecule has 0 amide bonds. The van der Waals surface area contributed by atoms with Gasteiger partial charge in [0.1, 0.15) is 0 Å². The number of allylic oxidation sites excluding steroid dienone is 2. The van der Waals surface area contributed by atoms with Gasteiger partial charge in [0.2, 0.25) is 0 Å². The quantitative estimate of drug-likeness (QED) is 0.161. The van der Waals surface area contributed by atoms with Gasteiger partial charge in [0, 0.05) is 38.6 Å². The van der Waals surface area contributed by atoms with Crippen molar-refractivity contribution in [2.45, 2.75) is 115 Å². The van der Waals surface area contributed by atoms with Gasteiger partial charge >= 0.3 is 5.97 Å². The first-order valence-electron chi connectivity index (χ1n) is 14.7. The van der Waals surface area contributed by atoms with Gasteiger partial charge < -0.3 is 29.2 Å². The Hall–Kier alpha value is -1.69. The third-order valence-corrected chi connectivity index (χ3v) is 7.84. The number of carboxylic acid groups (broad SMARTS) is 1. The summed E-state index contributed by atoms with van der Waals surface area (Å²) in [7, 11) is 0. The van der Waals surface area contributed by atoms with E-state index in [9.17, 15) is 9.90 Å². The SMILES string of the molecule is CC#CCCC(C=C[C@@H]1[C@@H](CC=CCCCC(=O)O)[C@@H](CO)C[C@H]1OC1CCCCO1)OC1CCCCO1. The molecule has 0 aromatic rings. The first-order valence-corrected chi connectivity index (χ1v) is 14.7. The molecule has 1 aliphatic carbocycles. The summed E-state index contributed by atoms with van der Waals surface area (Å²) in [5, 5.41) is 19.1. The third kappa shape index (κ3) is 10.8. The van der Waals surface area contributed by atoms with E-state index in [1.54, 1.807) is 0 Å². The van der Waals surface area contributed by atoms with Crippen molar-refractivity contribution in [2.24, 2.45) is 17.8 Å². The number of carboxylic acids is 1. The molecule has 3 unspecified atom stereocenters. The van der Waals surface area contributed by atoms with Gasteiger partial charge in [0.15, 0.2) is 12.6 Å². The number of rotatable bonds is 15. The van der Waals surface area contributed by atoms with Crippen LogP contribution in [0, 0.1) is 29.6 Å². The summed E-state index contributed by atoms with van der Waals surface area (Å²) in [5.41, 5.74) is 0. The summed E-state index contributed by atoms with van der Waals surface area (Å²) in [4.78, 5) is 10.8. The molecule has 2 aliphatic heterocycles. The van der Waals surface area contributed by atoms with E-state index in [4.69, 9.17) is 24.1 Å². The van der Waals surface area contributed by atoms with Crippen LogP contribution >= 0.6 is 0 Å². The molecule has 0 aromatic carbocycles. The Morgan fingerprint density at radius 3 is 2.53 bits per heavy atom. The van der Waals surface area contributed by atoms with Crippen LogP contribution in [0.4, 0.5) is 0 Å². The predicted molar refractivity (Wildman–Crippen MR) is 146 cm³/mol. The largest absolute Gasteiger partial charge is 0.481 e. The van der Waals surface area contributed by atoms with Crippen LogP contribution in [0.3, 0.4) is 0 Å². The molecule has 1 saturated carbocycles. The summed E-state index contributed by atoms with van der Waals surface area (Å²) in [6, 6.07) is 0. The molecule has 7 heteroatoms. The predicted octanol–water partition coefficient (Wildman–Crippen LogP) is 5.62. The van der Waals surface area contributed by atoms with Gasteiger partial charge in [0.05, 0.1) is 12.2 Å². The van der Waals surface area contributed by atoms with E-state index in [1.807, 2.05) is 6.92 Å². The average Bonchev–Trinajstić information content (AvgIpc) is 3.26. The Kier molecular flexibility index (Phi) is 14.5. The number of unbranched alkanes of at least 4 members (excludes halogenated alkanes) is 1. The van der Waals surface area contributed by atoms with Gasteiger partial charge in [-0.2, -0.15) is 0 Å². The lowest BCUT2D eigenvalue weighted by Crippen LogP contribution is -2.31. The van der Waals surface area contributed by atoms with Gasteiger partial charge in [-0.15, -0.1) is 11.8 Å². The summed E-state index contributed by atoms with van der Waals surface area (Å²) in [6.07, 6.45) is 19.1. The standard InChI is InChI=1S/C31H48O7/c1-2-3-6-13-25(37-30-16-9-11-20-35-30)18-19-27-26(14-7-4-5-8-15-29(33)34)24(23-32)22-28(27)38-31-17-10-12-21-36-31/h4,7,18-19,24-28,30-32H,5-6,8-17,20-23H2,1H3,(H,33,34)/t24-,25?,26+,27-,28-,30?,31?/m1/s1. The molecule has 2 saturated heterocycles. The first kappa shape index (κ1) is 30.8. The fraction of sp³-hybridized carbons (Fsp3) is 0.774. The van der Waals surface area contributed by atoms with E-state index in [1.165, 1.54) is 0 Å². The highest BCUT2D eigenvalue weighted by Gasteiger charge is 2.43. The second kappa shape index (κ2) is 17.8. The minimum Gasteiger partial charge on any atom is -0.481 e. The number of hydrogen-bond donors (Lipinski definition) is 2. The normalized spacial score (nSPS) is 30.9. The molecule has 0 aromatic heterocycles. The van der Waals surface area contributed by atoms with E-state index in [0.717, 1.165) is 83.8 Å². The van der Waals surface area contributed by atoms with Crippen molar-refractivity contribution in [3.8, 4) is 11.8 Å². The van der Waals surface area contributed by atoms with Crippen molar-refractivity contribution in [3.05, 3.63) is 24.3 Å². The zero-order chi connectivity index (χ0) is 27.0. The van der Waals surface area contributed by atoms with Crippen LogP contribution in [-0.2, 0) is 23.7 Å². The number of carbonyl (C=O) groups is 1. The molecular formula is C31H48O7. The molecular weight excluding hydrogens is 484 g/mol. The zero-order valence-corrected chi connectivity index (χ0v) is 23.1. The van der Waals surface area contributed by atoms with Crippen LogP contribution < -0.4 is 0 Å². The van der Waals surface area contributed by atoms with Crippen LogP contribution in [0.5, 0.6) is 0 Å². The molecule has 7 atom stereocenters. The highest BCUT2D eigenvalue weighted by atomic mass is 16.7.